The zero-order valence-corrected chi connectivity index (χ0v) is 16.8. The van der Waals surface area contributed by atoms with Gasteiger partial charge < -0.3 is 5.32 Å². The van der Waals surface area contributed by atoms with Gasteiger partial charge in [0.15, 0.2) is 0 Å². The Bertz CT molecular complexity index is 784. The molecule has 1 aromatic heterocycles. The van der Waals surface area contributed by atoms with Gasteiger partial charge in [0.2, 0.25) is 0 Å². The Labute approximate surface area is 163 Å². The highest BCUT2D eigenvalue weighted by Gasteiger charge is 2.21. The van der Waals surface area contributed by atoms with Crippen LogP contribution < -0.4 is 5.32 Å². The molecule has 3 aromatic rings. The Morgan fingerprint density at radius 1 is 1.00 bits per heavy atom. The van der Waals surface area contributed by atoms with Gasteiger partial charge in [0, 0.05) is 25.7 Å². The standard InChI is InChI=1S/C19H17BrIN3/c20-14-6-10-16(11-7-14)24-19-17(3-1-2-12-22-19)18(23-24)13-4-8-15(21)9-5-13/h4-11,22H,1-3,12H2. The van der Waals surface area contributed by atoms with Crippen molar-refractivity contribution in [1.29, 1.82) is 0 Å². The van der Waals surface area contributed by atoms with E-state index in [1.807, 2.05) is 0 Å². The molecular formula is C19H17BrIN3. The minimum Gasteiger partial charge on any atom is -0.370 e. The van der Waals surface area contributed by atoms with Crippen molar-refractivity contribution in [2.75, 3.05) is 11.9 Å². The number of anilines is 1. The Morgan fingerprint density at radius 3 is 2.50 bits per heavy atom. The summed E-state index contributed by atoms with van der Waals surface area (Å²) in [5.41, 5.74) is 4.70. The minimum absolute atomic E-state index is 1.00. The molecule has 1 N–H and O–H groups in total. The molecule has 2 heterocycles. The second kappa shape index (κ2) is 6.88. The van der Waals surface area contributed by atoms with Crippen LogP contribution in [0.25, 0.3) is 16.9 Å². The molecule has 0 saturated heterocycles. The molecule has 122 valence electrons. The normalized spacial score (nSPS) is 13.9. The van der Waals surface area contributed by atoms with Crippen molar-refractivity contribution in [1.82, 2.24) is 9.78 Å². The Balaban J connectivity index is 1.88. The van der Waals surface area contributed by atoms with E-state index in [-0.39, 0.29) is 0 Å². The molecule has 0 radical (unpaired) electrons. The van der Waals surface area contributed by atoms with Crippen LogP contribution in [-0.2, 0) is 6.42 Å². The van der Waals surface area contributed by atoms with Crippen molar-refractivity contribution in [3.8, 4) is 16.9 Å². The molecule has 1 aliphatic heterocycles. The van der Waals surface area contributed by atoms with Gasteiger partial charge in [0.05, 0.1) is 11.4 Å². The highest BCUT2D eigenvalue weighted by atomic mass is 127. The first-order valence-electron chi connectivity index (χ1n) is 8.10. The molecule has 24 heavy (non-hydrogen) atoms. The number of nitrogens with one attached hydrogen (secondary N) is 1. The van der Waals surface area contributed by atoms with Crippen molar-refractivity contribution >= 4 is 44.3 Å². The lowest BCUT2D eigenvalue weighted by Gasteiger charge is -2.09. The molecule has 0 saturated carbocycles. The molecule has 2 aromatic carbocycles. The molecular weight excluding hydrogens is 477 g/mol. The second-order valence-corrected chi connectivity index (χ2v) is 8.12. The summed E-state index contributed by atoms with van der Waals surface area (Å²) in [6.45, 7) is 1.00. The van der Waals surface area contributed by atoms with Crippen LogP contribution in [0.15, 0.2) is 53.0 Å². The fourth-order valence-corrected chi connectivity index (χ4v) is 3.74. The van der Waals surface area contributed by atoms with E-state index in [1.165, 1.54) is 27.5 Å². The van der Waals surface area contributed by atoms with Gasteiger partial charge in [-0.2, -0.15) is 5.10 Å². The lowest BCUT2D eigenvalue weighted by atomic mass is 10.0. The van der Waals surface area contributed by atoms with Crippen LogP contribution in [0.3, 0.4) is 0 Å². The number of fused-ring (bicyclic) bond motifs is 1. The second-order valence-electron chi connectivity index (χ2n) is 5.95. The summed E-state index contributed by atoms with van der Waals surface area (Å²) < 4.78 is 4.38. The van der Waals surface area contributed by atoms with Gasteiger partial charge >= 0.3 is 0 Å². The fourth-order valence-electron chi connectivity index (χ4n) is 3.11. The van der Waals surface area contributed by atoms with E-state index in [2.05, 4.69) is 97.1 Å². The predicted molar refractivity (Wildman–Crippen MR) is 111 cm³/mol. The maximum Gasteiger partial charge on any atom is 0.133 e. The van der Waals surface area contributed by atoms with Crippen LogP contribution in [0.4, 0.5) is 5.82 Å². The SMILES string of the molecule is Brc1ccc(-n2nc(-c3ccc(I)cc3)c3c2NCCCC3)cc1. The number of hydrogen-bond donors (Lipinski definition) is 1. The first-order valence-corrected chi connectivity index (χ1v) is 9.97. The molecule has 3 nitrogen and oxygen atoms in total. The Kier molecular flexibility index (Phi) is 4.63. The van der Waals surface area contributed by atoms with Crippen LogP contribution in [0.1, 0.15) is 18.4 Å². The van der Waals surface area contributed by atoms with E-state index < -0.39 is 0 Å². The minimum atomic E-state index is 1.00. The first-order chi connectivity index (χ1) is 11.7. The number of nitrogens with zero attached hydrogens (tertiary/aromatic N) is 2. The van der Waals surface area contributed by atoms with E-state index in [0.29, 0.717) is 0 Å². The van der Waals surface area contributed by atoms with Crippen LogP contribution in [0.5, 0.6) is 0 Å². The third kappa shape index (κ3) is 3.11. The lowest BCUT2D eigenvalue weighted by Crippen LogP contribution is -2.07. The van der Waals surface area contributed by atoms with E-state index >= 15 is 0 Å². The summed E-state index contributed by atoms with van der Waals surface area (Å²) >= 11 is 5.85. The molecule has 5 heteroatoms. The maximum absolute atomic E-state index is 4.97. The van der Waals surface area contributed by atoms with Crippen molar-refractivity contribution < 1.29 is 0 Å². The van der Waals surface area contributed by atoms with E-state index in [1.54, 1.807) is 0 Å². The quantitative estimate of drug-likeness (QED) is 0.467. The van der Waals surface area contributed by atoms with Gasteiger partial charge in [-0.1, -0.05) is 28.1 Å². The smallest absolute Gasteiger partial charge is 0.133 e. The highest BCUT2D eigenvalue weighted by Crippen LogP contribution is 2.34. The van der Waals surface area contributed by atoms with Gasteiger partial charge in [0.1, 0.15) is 5.82 Å². The average molecular weight is 494 g/mol. The third-order valence-corrected chi connectivity index (χ3v) is 5.57. The Hall–Kier alpha value is -1.34. The zero-order valence-electron chi connectivity index (χ0n) is 13.1. The summed E-state index contributed by atoms with van der Waals surface area (Å²) in [6.07, 6.45) is 3.46. The summed E-state index contributed by atoms with van der Waals surface area (Å²) in [6, 6.07) is 16.9. The van der Waals surface area contributed by atoms with E-state index in [9.17, 15) is 0 Å². The van der Waals surface area contributed by atoms with Crippen LogP contribution in [0, 0.1) is 3.57 Å². The fraction of sp³-hybridized carbons (Fsp3) is 0.211. The monoisotopic (exact) mass is 493 g/mol. The molecule has 4 rings (SSSR count). The summed E-state index contributed by atoms with van der Waals surface area (Å²) in [4.78, 5) is 0. The number of halogens is 2. The van der Waals surface area contributed by atoms with Gasteiger partial charge in [-0.3, -0.25) is 0 Å². The molecule has 0 bridgehead atoms. The molecule has 0 unspecified atom stereocenters. The summed E-state index contributed by atoms with van der Waals surface area (Å²) in [5, 5.41) is 8.57. The molecule has 1 aliphatic rings. The van der Waals surface area contributed by atoms with Gasteiger partial charge in [0.25, 0.3) is 0 Å². The maximum atomic E-state index is 4.97. The zero-order chi connectivity index (χ0) is 16.5. The van der Waals surface area contributed by atoms with Crippen LogP contribution >= 0.6 is 38.5 Å². The summed E-state index contributed by atoms with van der Waals surface area (Å²) in [7, 11) is 0. The lowest BCUT2D eigenvalue weighted by molar-refractivity contribution is 0.780. The topological polar surface area (TPSA) is 29.9 Å². The number of aromatic nitrogens is 2. The predicted octanol–water partition coefficient (Wildman–Crippen LogP) is 5.65. The molecule has 0 spiro atoms. The molecule has 0 fully saturated rings. The number of benzene rings is 2. The van der Waals surface area contributed by atoms with Crippen molar-refractivity contribution in [2.45, 2.75) is 19.3 Å². The van der Waals surface area contributed by atoms with E-state index in [4.69, 9.17) is 5.10 Å². The van der Waals surface area contributed by atoms with Crippen molar-refractivity contribution in [2.24, 2.45) is 0 Å². The Morgan fingerprint density at radius 2 is 1.75 bits per heavy atom. The molecule has 0 amide bonds. The van der Waals surface area contributed by atoms with Crippen LogP contribution in [0.2, 0.25) is 0 Å². The van der Waals surface area contributed by atoms with Crippen LogP contribution in [-0.4, -0.2) is 16.3 Å². The number of hydrogen-bond acceptors (Lipinski definition) is 2. The molecule has 0 aliphatic carbocycles. The largest absolute Gasteiger partial charge is 0.370 e. The van der Waals surface area contributed by atoms with E-state index in [0.717, 1.165) is 34.6 Å². The molecule has 0 atom stereocenters. The van der Waals surface area contributed by atoms with Gasteiger partial charge in [-0.05, 0) is 78.3 Å². The van der Waals surface area contributed by atoms with Crippen molar-refractivity contribution in [3.63, 3.8) is 0 Å². The van der Waals surface area contributed by atoms with Gasteiger partial charge in [-0.15, -0.1) is 0 Å². The average Bonchev–Trinajstić information content (AvgIpc) is 2.78. The van der Waals surface area contributed by atoms with Crippen molar-refractivity contribution in [3.05, 3.63) is 62.1 Å². The first kappa shape index (κ1) is 16.1. The van der Waals surface area contributed by atoms with Gasteiger partial charge in [-0.25, -0.2) is 4.68 Å². The highest BCUT2D eigenvalue weighted by molar-refractivity contribution is 14.1. The summed E-state index contributed by atoms with van der Waals surface area (Å²) in [5.74, 6) is 1.14. The third-order valence-electron chi connectivity index (χ3n) is 4.32. The number of rotatable bonds is 2.